The molecule has 1 fully saturated rings. The molecule has 0 radical (unpaired) electrons. The van der Waals surface area contributed by atoms with Crippen molar-refractivity contribution in [3.8, 4) is 5.75 Å². The fourth-order valence-electron chi connectivity index (χ4n) is 5.62. The molecule has 9 heteroatoms. The summed E-state index contributed by atoms with van der Waals surface area (Å²) in [6.07, 6.45) is -1.20. The first-order valence-electron chi connectivity index (χ1n) is 12.2. The van der Waals surface area contributed by atoms with Crippen molar-refractivity contribution in [1.82, 2.24) is 9.55 Å². The van der Waals surface area contributed by atoms with Gasteiger partial charge in [0.2, 0.25) is 5.95 Å². The monoisotopic (exact) mass is 503 g/mol. The van der Waals surface area contributed by atoms with Crippen LogP contribution >= 0.6 is 0 Å². The van der Waals surface area contributed by atoms with Gasteiger partial charge in [0.1, 0.15) is 5.75 Å². The summed E-state index contributed by atoms with van der Waals surface area (Å²) in [6.45, 7) is 8.79. The van der Waals surface area contributed by atoms with Crippen molar-refractivity contribution < 1.29 is 27.8 Å². The van der Waals surface area contributed by atoms with E-state index in [9.17, 15) is 18.0 Å². The second-order valence-electron chi connectivity index (χ2n) is 10.7. The van der Waals surface area contributed by atoms with Crippen LogP contribution in [0.25, 0.3) is 11.0 Å². The fraction of sp³-hybridized carbons (Fsp3) is 0.481. The molecule has 1 aliphatic carbocycles. The fourth-order valence-corrected chi connectivity index (χ4v) is 5.62. The molecule has 1 aliphatic rings. The predicted octanol–water partition coefficient (Wildman–Crippen LogP) is 7.39. The lowest BCUT2D eigenvalue weighted by molar-refractivity contribution is -0.274. The van der Waals surface area contributed by atoms with E-state index in [0.717, 1.165) is 41.4 Å². The summed E-state index contributed by atoms with van der Waals surface area (Å²) in [6, 6.07) is 9.80. The van der Waals surface area contributed by atoms with E-state index in [1.807, 2.05) is 13.0 Å². The SMILES string of the molecule is Cc1cc2c(cc1CCC(=O)O)nc(Nc1ccc(OC(F)(F)F)cc1)n2[C@@H]1CC(C)CC(C)(C)C1. The van der Waals surface area contributed by atoms with Gasteiger partial charge in [0.05, 0.1) is 11.0 Å². The molecule has 2 atom stereocenters. The third-order valence-corrected chi connectivity index (χ3v) is 6.83. The summed E-state index contributed by atoms with van der Waals surface area (Å²) in [5.41, 5.74) is 4.41. The van der Waals surface area contributed by atoms with Gasteiger partial charge in [0.15, 0.2) is 0 Å². The first-order valence-corrected chi connectivity index (χ1v) is 12.2. The van der Waals surface area contributed by atoms with Crippen molar-refractivity contribution in [2.24, 2.45) is 11.3 Å². The van der Waals surface area contributed by atoms with Crippen molar-refractivity contribution >= 4 is 28.6 Å². The van der Waals surface area contributed by atoms with Gasteiger partial charge < -0.3 is 19.7 Å². The number of fused-ring (bicyclic) bond motifs is 1. The molecule has 4 rings (SSSR count). The third kappa shape index (κ3) is 6.12. The zero-order chi connectivity index (χ0) is 26.3. The molecule has 1 saturated carbocycles. The van der Waals surface area contributed by atoms with Crippen molar-refractivity contribution in [3.05, 3.63) is 47.5 Å². The highest BCUT2D eigenvalue weighted by Gasteiger charge is 2.35. The zero-order valence-corrected chi connectivity index (χ0v) is 20.9. The van der Waals surface area contributed by atoms with Gasteiger partial charge in [-0.1, -0.05) is 20.8 Å². The van der Waals surface area contributed by atoms with Crippen LogP contribution in [0, 0.1) is 18.3 Å². The Hall–Kier alpha value is -3.23. The number of nitrogens with zero attached hydrogens (tertiary/aromatic N) is 2. The molecule has 2 N–H and O–H groups in total. The summed E-state index contributed by atoms with van der Waals surface area (Å²) in [5.74, 6) is -0.000164. The molecular weight excluding hydrogens is 471 g/mol. The smallest absolute Gasteiger partial charge is 0.481 e. The maximum atomic E-state index is 12.5. The first kappa shape index (κ1) is 25.9. The van der Waals surface area contributed by atoms with Crippen LogP contribution in [0.3, 0.4) is 0 Å². The molecule has 0 spiro atoms. The maximum absolute atomic E-state index is 12.5. The predicted molar refractivity (Wildman–Crippen MR) is 133 cm³/mol. The van der Waals surface area contributed by atoms with E-state index in [4.69, 9.17) is 10.1 Å². The summed E-state index contributed by atoms with van der Waals surface area (Å²) >= 11 is 0. The second-order valence-corrected chi connectivity index (χ2v) is 10.7. The van der Waals surface area contributed by atoms with Crippen molar-refractivity contribution in [3.63, 3.8) is 0 Å². The number of aliphatic carboxylic acids is 1. The number of hydrogen-bond acceptors (Lipinski definition) is 4. The number of halogens is 3. The number of carboxylic acid groups (broad SMARTS) is 1. The quantitative estimate of drug-likeness (QED) is 0.352. The first-order chi connectivity index (χ1) is 16.8. The molecule has 194 valence electrons. The molecule has 0 aliphatic heterocycles. The normalized spacial score (nSPS) is 19.9. The number of anilines is 2. The highest BCUT2D eigenvalue weighted by atomic mass is 19.4. The van der Waals surface area contributed by atoms with Gasteiger partial charge in [0.25, 0.3) is 0 Å². The summed E-state index contributed by atoms with van der Waals surface area (Å²) in [4.78, 5) is 16.0. The molecule has 6 nitrogen and oxygen atoms in total. The van der Waals surface area contributed by atoms with E-state index in [0.29, 0.717) is 24.0 Å². The molecule has 1 aromatic heterocycles. The Kier molecular flexibility index (Phi) is 6.94. The van der Waals surface area contributed by atoms with Gasteiger partial charge in [-0.15, -0.1) is 13.2 Å². The number of hydrogen-bond donors (Lipinski definition) is 2. The van der Waals surface area contributed by atoms with Gasteiger partial charge in [-0.2, -0.15) is 0 Å². The minimum Gasteiger partial charge on any atom is -0.481 e. The van der Waals surface area contributed by atoms with E-state index in [1.54, 1.807) is 0 Å². The minimum absolute atomic E-state index is 0.0405. The van der Waals surface area contributed by atoms with Gasteiger partial charge in [0, 0.05) is 18.2 Å². The van der Waals surface area contributed by atoms with Gasteiger partial charge >= 0.3 is 12.3 Å². The van der Waals surface area contributed by atoms with Crippen molar-refractivity contribution in [2.75, 3.05) is 5.32 Å². The summed E-state index contributed by atoms with van der Waals surface area (Å²) < 4.78 is 43.8. The summed E-state index contributed by atoms with van der Waals surface area (Å²) in [7, 11) is 0. The number of benzene rings is 2. The number of aromatic nitrogens is 2. The molecule has 0 saturated heterocycles. The molecular formula is C27H32F3N3O3. The molecule has 3 aromatic rings. The number of nitrogens with one attached hydrogen (secondary N) is 1. The molecule has 36 heavy (non-hydrogen) atoms. The molecule has 1 unspecified atom stereocenters. The lowest BCUT2D eigenvalue weighted by atomic mass is 9.70. The number of imidazole rings is 1. The van der Waals surface area contributed by atoms with Gasteiger partial charge in [-0.25, -0.2) is 4.98 Å². The summed E-state index contributed by atoms with van der Waals surface area (Å²) in [5, 5.41) is 12.4. The Labute approximate surface area is 208 Å². The average Bonchev–Trinajstić information content (AvgIpc) is 3.07. The van der Waals surface area contributed by atoms with Crippen LogP contribution in [0.1, 0.15) is 63.6 Å². The second kappa shape index (κ2) is 9.67. The van der Waals surface area contributed by atoms with E-state index >= 15 is 0 Å². The highest BCUT2D eigenvalue weighted by Crippen LogP contribution is 2.46. The standard InChI is InChI=1S/C27H32F3N3O3/c1-16-11-20(15-26(3,4)14-16)33-23-12-17(2)18(5-10-24(34)35)13-22(23)32-25(33)31-19-6-8-21(9-7-19)36-27(28,29)30/h6-9,12-13,16,20H,5,10-11,14-15H2,1-4H3,(H,31,32)(H,34,35)/t16?,20-/m1/s1. The van der Waals surface area contributed by atoms with Crippen LogP contribution in [0.2, 0.25) is 0 Å². The van der Waals surface area contributed by atoms with Crippen LogP contribution in [0.4, 0.5) is 24.8 Å². The molecule has 0 bridgehead atoms. The lowest BCUT2D eigenvalue weighted by Gasteiger charge is -2.40. The number of carboxylic acids is 1. The molecule has 1 heterocycles. The number of ether oxygens (including phenoxy) is 1. The van der Waals surface area contributed by atoms with E-state index in [-0.39, 0.29) is 23.6 Å². The van der Waals surface area contributed by atoms with Crippen LogP contribution in [-0.4, -0.2) is 27.0 Å². The zero-order valence-electron chi connectivity index (χ0n) is 20.9. The topological polar surface area (TPSA) is 76.4 Å². The van der Waals surface area contributed by atoms with Crippen molar-refractivity contribution in [1.29, 1.82) is 0 Å². The molecule has 0 amide bonds. The maximum Gasteiger partial charge on any atom is 0.573 e. The Morgan fingerprint density at radius 3 is 2.53 bits per heavy atom. The number of rotatable bonds is 7. The van der Waals surface area contributed by atoms with E-state index in [1.165, 1.54) is 24.3 Å². The van der Waals surface area contributed by atoms with Crippen LogP contribution in [-0.2, 0) is 11.2 Å². The van der Waals surface area contributed by atoms with Crippen LogP contribution in [0.5, 0.6) is 5.75 Å². The Bertz CT molecular complexity index is 1250. The Balaban J connectivity index is 1.74. The number of carbonyl (C=O) groups is 1. The molecule has 2 aromatic carbocycles. The average molecular weight is 504 g/mol. The van der Waals surface area contributed by atoms with Gasteiger partial charge in [-0.3, -0.25) is 4.79 Å². The lowest BCUT2D eigenvalue weighted by Crippen LogP contribution is -2.29. The van der Waals surface area contributed by atoms with Crippen LogP contribution in [0.15, 0.2) is 36.4 Å². The minimum atomic E-state index is -4.75. The van der Waals surface area contributed by atoms with E-state index < -0.39 is 12.3 Å². The largest absolute Gasteiger partial charge is 0.573 e. The van der Waals surface area contributed by atoms with Crippen molar-refractivity contribution in [2.45, 2.75) is 72.2 Å². The number of alkyl halides is 3. The number of aryl methyl sites for hydroxylation is 2. The Morgan fingerprint density at radius 2 is 1.92 bits per heavy atom. The van der Waals surface area contributed by atoms with Gasteiger partial charge in [-0.05, 0) is 91.5 Å². The Morgan fingerprint density at radius 1 is 1.22 bits per heavy atom. The highest BCUT2D eigenvalue weighted by molar-refractivity contribution is 5.82. The van der Waals surface area contributed by atoms with Crippen LogP contribution < -0.4 is 10.1 Å². The van der Waals surface area contributed by atoms with E-state index in [2.05, 4.69) is 41.5 Å². The third-order valence-electron chi connectivity index (χ3n) is 6.83.